The van der Waals surface area contributed by atoms with Crippen LogP contribution >= 0.6 is 27.3 Å². The molecule has 1 heterocycles. The molecule has 0 amide bonds. The lowest BCUT2D eigenvalue weighted by molar-refractivity contribution is 0.0691. The van der Waals surface area contributed by atoms with Crippen molar-refractivity contribution in [3.63, 3.8) is 0 Å². The molecule has 0 aliphatic carbocycles. The van der Waals surface area contributed by atoms with Gasteiger partial charge in [-0.1, -0.05) is 0 Å². The number of ether oxygens (including phenoxy) is 2. The number of aromatic carboxylic acids is 1. The van der Waals surface area contributed by atoms with Crippen LogP contribution in [0.15, 0.2) is 22.0 Å². The van der Waals surface area contributed by atoms with Crippen LogP contribution in [0.1, 0.15) is 10.5 Å². The summed E-state index contributed by atoms with van der Waals surface area (Å²) in [6, 6.07) is 3.57. The maximum absolute atomic E-state index is 10.8. The highest BCUT2D eigenvalue weighted by Gasteiger charge is 2.15. The zero-order valence-corrected chi connectivity index (χ0v) is 12.5. The average Bonchev–Trinajstić information content (AvgIpc) is 2.87. The molecule has 1 aromatic heterocycles. The quantitative estimate of drug-likeness (QED) is 0.922. The third kappa shape index (κ3) is 2.71. The SMILES string of the molecule is COc1cc(-c2nc(C(=O)O)cs2)cc(Br)c1OC. The normalized spacial score (nSPS) is 10.3. The predicted molar refractivity (Wildman–Crippen MR) is 75.3 cm³/mol. The van der Waals surface area contributed by atoms with E-state index in [1.165, 1.54) is 16.7 Å². The van der Waals surface area contributed by atoms with E-state index in [2.05, 4.69) is 20.9 Å². The molecule has 19 heavy (non-hydrogen) atoms. The summed E-state index contributed by atoms with van der Waals surface area (Å²) < 4.78 is 11.2. The van der Waals surface area contributed by atoms with Gasteiger partial charge in [0.15, 0.2) is 17.2 Å². The van der Waals surface area contributed by atoms with E-state index in [1.54, 1.807) is 20.3 Å². The Morgan fingerprint density at radius 2 is 2.11 bits per heavy atom. The molecule has 0 bridgehead atoms. The molecule has 2 rings (SSSR count). The van der Waals surface area contributed by atoms with Gasteiger partial charge in [0.25, 0.3) is 0 Å². The predicted octanol–water partition coefficient (Wildman–Crippen LogP) is 3.29. The molecule has 0 unspecified atom stereocenters. The zero-order chi connectivity index (χ0) is 14.0. The highest BCUT2D eigenvalue weighted by Crippen LogP contribution is 2.39. The van der Waals surface area contributed by atoms with E-state index in [0.717, 1.165) is 10.0 Å². The number of benzene rings is 1. The number of nitrogens with zero attached hydrogens (tertiary/aromatic N) is 1. The molecule has 0 fully saturated rings. The average molecular weight is 344 g/mol. The number of methoxy groups -OCH3 is 2. The number of carboxylic acids is 1. The second kappa shape index (κ2) is 5.58. The number of hydrogen-bond acceptors (Lipinski definition) is 5. The lowest BCUT2D eigenvalue weighted by atomic mass is 10.2. The molecule has 2 aromatic rings. The fourth-order valence-corrected chi connectivity index (χ4v) is 2.93. The van der Waals surface area contributed by atoms with E-state index in [1.807, 2.05) is 6.07 Å². The molecule has 0 radical (unpaired) electrons. The first-order valence-electron chi connectivity index (χ1n) is 5.17. The fraction of sp³-hybridized carbons (Fsp3) is 0.167. The van der Waals surface area contributed by atoms with Crippen LogP contribution in [0.3, 0.4) is 0 Å². The van der Waals surface area contributed by atoms with Crippen LogP contribution in [0.25, 0.3) is 10.6 Å². The molecule has 0 saturated carbocycles. The molecule has 0 spiro atoms. The van der Waals surface area contributed by atoms with Gasteiger partial charge in [-0.15, -0.1) is 11.3 Å². The van der Waals surface area contributed by atoms with E-state index in [0.29, 0.717) is 16.5 Å². The number of hydrogen-bond donors (Lipinski definition) is 1. The maximum atomic E-state index is 10.8. The van der Waals surface area contributed by atoms with E-state index in [-0.39, 0.29) is 5.69 Å². The summed E-state index contributed by atoms with van der Waals surface area (Å²) in [7, 11) is 3.09. The number of thiazole rings is 1. The minimum absolute atomic E-state index is 0.0332. The van der Waals surface area contributed by atoms with Gasteiger partial charge in [-0.05, 0) is 28.1 Å². The van der Waals surface area contributed by atoms with Crippen LogP contribution in [-0.4, -0.2) is 30.3 Å². The topological polar surface area (TPSA) is 68.7 Å². The third-order valence-corrected chi connectivity index (χ3v) is 3.88. The lowest BCUT2D eigenvalue weighted by Gasteiger charge is -2.10. The smallest absolute Gasteiger partial charge is 0.355 e. The fourth-order valence-electron chi connectivity index (χ4n) is 1.55. The monoisotopic (exact) mass is 343 g/mol. The summed E-state index contributed by atoms with van der Waals surface area (Å²) in [5.74, 6) is 0.0993. The van der Waals surface area contributed by atoms with Gasteiger partial charge < -0.3 is 14.6 Å². The zero-order valence-electron chi connectivity index (χ0n) is 10.1. The Kier molecular flexibility index (Phi) is 4.06. The van der Waals surface area contributed by atoms with Crippen molar-refractivity contribution in [2.75, 3.05) is 14.2 Å². The summed E-state index contributed by atoms with van der Waals surface area (Å²) in [5.41, 5.74) is 0.799. The molecule has 0 atom stereocenters. The second-order valence-electron chi connectivity index (χ2n) is 3.54. The number of aromatic nitrogens is 1. The molecule has 100 valence electrons. The van der Waals surface area contributed by atoms with Crippen molar-refractivity contribution in [2.45, 2.75) is 0 Å². The highest BCUT2D eigenvalue weighted by atomic mass is 79.9. The minimum atomic E-state index is -1.04. The third-order valence-electron chi connectivity index (χ3n) is 2.40. The Bertz CT molecular complexity index is 626. The molecule has 0 aliphatic rings. The van der Waals surface area contributed by atoms with Gasteiger partial charge in [0.05, 0.1) is 18.7 Å². The van der Waals surface area contributed by atoms with E-state index < -0.39 is 5.97 Å². The molecule has 7 heteroatoms. The van der Waals surface area contributed by atoms with Crippen LogP contribution < -0.4 is 9.47 Å². The number of carbonyl (C=O) groups is 1. The van der Waals surface area contributed by atoms with Gasteiger partial charge in [-0.25, -0.2) is 9.78 Å². The number of halogens is 1. The van der Waals surface area contributed by atoms with Crippen LogP contribution in [0.4, 0.5) is 0 Å². The van der Waals surface area contributed by atoms with Gasteiger partial charge in [-0.3, -0.25) is 0 Å². The number of carboxylic acid groups (broad SMARTS) is 1. The van der Waals surface area contributed by atoms with Crippen molar-refractivity contribution in [1.29, 1.82) is 0 Å². The summed E-state index contributed by atoms with van der Waals surface area (Å²) in [6.07, 6.45) is 0. The molecule has 1 N–H and O–H groups in total. The first kappa shape index (κ1) is 13.8. The van der Waals surface area contributed by atoms with E-state index in [4.69, 9.17) is 14.6 Å². The summed E-state index contributed by atoms with van der Waals surface area (Å²) in [4.78, 5) is 14.9. The molecule has 5 nitrogen and oxygen atoms in total. The Hall–Kier alpha value is -1.60. The highest BCUT2D eigenvalue weighted by molar-refractivity contribution is 9.10. The lowest BCUT2D eigenvalue weighted by Crippen LogP contribution is -1.96. The Labute approximate surface area is 121 Å². The van der Waals surface area contributed by atoms with Gasteiger partial charge in [0.2, 0.25) is 0 Å². The number of rotatable bonds is 4. The Morgan fingerprint density at radius 3 is 2.63 bits per heavy atom. The van der Waals surface area contributed by atoms with Crippen LogP contribution in [0.2, 0.25) is 0 Å². The van der Waals surface area contributed by atoms with Crippen molar-refractivity contribution >= 4 is 33.2 Å². The first-order valence-corrected chi connectivity index (χ1v) is 6.84. The van der Waals surface area contributed by atoms with Crippen LogP contribution in [-0.2, 0) is 0 Å². The van der Waals surface area contributed by atoms with E-state index >= 15 is 0 Å². The summed E-state index contributed by atoms with van der Waals surface area (Å²) in [5, 5.41) is 11.0. The first-order chi connectivity index (χ1) is 9.06. The largest absolute Gasteiger partial charge is 0.493 e. The van der Waals surface area contributed by atoms with Crippen molar-refractivity contribution in [2.24, 2.45) is 0 Å². The molecule has 0 aliphatic heterocycles. The maximum Gasteiger partial charge on any atom is 0.355 e. The molecule has 0 saturated heterocycles. The van der Waals surface area contributed by atoms with Gasteiger partial charge >= 0.3 is 5.97 Å². The van der Waals surface area contributed by atoms with Crippen molar-refractivity contribution in [3.8, 4) is 22.1 Å². The summed E-state index contributed by atoms with van der Waals surface area (Å²) >= 11 is 4.65. The van der Waals surface area contributed by atoms with Gasteiger partial charge in [0.1, 0.15) is 5.01 Å². The Balaban J connectivity index is 2.50. The molecular weight excluding hydrogens is 334 g/mol. The molecule has 1 aromatic carbocycles. The second-order valence-corrected chi connectivity index (χ2v) is 5.25. The van der Waals surface area contributed by atoms with Crippen LogP contribution in [0, 0.1) is 0 Å². The van der Waals surface area contributed by atoms with E-state index in [9.17, 15) is 4.79 Å². The van der Waals surface area contributed by atoms with Crippen molar-refractivity contribution in [3.05, 3.63) is 27.7 Å². The summed E-state index contributed by atoms with van der Waals surface area (Å²) in [6.45, 7) is 0. The molecular formula is C12H10BrNO4S. The Morgan fingerprint density at radius 1 is 1.37 bits per heavy atom. The minimum Gasteiger partial charge on any atom is -0.493 e. The van der Waals surface area contributed by atoms with Crippen LogP contribution in [0.5, 0.6) is 11.5 Å². The van der Waals surface area contributed by atoms with Crippen molar-refractivity contribution < 1.29 is 19.4 Å². The van der Waals surface area contributed by atoms with Gasteiger partial charge in [0, 0.05) is 10.9 Å². The standard InChI is InChI=1S/C12H10BrNO4S/c1-17-9-4-6(3-7(13)10(9)18-2)11-14-8(5-19-11)12(15)16/h3-5H,1-2H3,(H,15,16). The van der Waals surface area contributed by atoms with Gasteiger partial charge in [-0.2, -0.15) is 0 Å². The van der Waals surface area contributed by atoms with Crippen molar-refractivity contribution in [1.82, 2.24) is 4.98 Å².